The molecule has 1 aromatic carbocycles. The van der Waals surface area contributed by atoms with E-state index in [1.807, 2.05) is 11.3 Å². The lowest BCUT2D eigenvalue weighted by molar-refractivity contribution is 0.257. The largest absolute Gasteiger partial charge is 0.384 e. The Morgan fingerprint density at radius 1 is 1.32 bits per heavy atom. The molecule has 1 aromatic heterocycles. The third-order valence-corrected chi connectivity index (χ3v) is 5.01. The first kappa shape index (κ1) is 12.7. The first-order valence-corrected chi connectivity index (χ1v) is 7.72. The van der Waals surface area contributed by atoms with Gasteiger partial charge in [-0.3, -0.25) is 4.90 Å². The molecule has 2 nitrogen and oxygen atoms in total. The highest BCUT2D eigenvalue weighted by molar-refractivity contribution is 7.10. The highest BCUT2D eigenvalue weighted by atomic mass is 32.1. The van der Waals surface area contributed by atoms with Gasteiger partial charge in [0.1, 0.15) is 0 Å². The molecule has 100 valence electrons. The highest BCUT2D eigenvalue weighted by Crippen LogP contribution is 2.30. The van der Waals surface area contributed by atoms with Gasteiger partial charge < -0.3 is 5.32 Å². The van der Waals surface area contributed by atoms with Crippen LogP contribution in [0.1, 0.15) is 29.0 Å². The summed E-state index contributed by atoms with van der Waals surface area (Å²) < 4.78 is 0. The van der Waals surface area contributed by atoms with Crippen LogP contribution in [0.3, 0.4) is 0 Å². The maximum Gasteiger partial charge on any atom is 0.0419 e. The molecule has 19 heavy (non-hydrogen) atoms. The molecule has 0 fully saturated rings. The van der Waals surface area contributed by atoms with Crippen LogP contribution in [0.25, 0.3) is 0 Å². The number of thiophene rings is 1. The lowest BCUT2D eigenvalue weighted by atomic mass is 10.1. The van der Waals surface area contributed by atoms with Crippen molar-refractivity contribution >= 4 is 17.0 Å². The third-order valence-electron chi connectivity index (χ3n) is 3.97. The van der Waals surface area contributed by atoms with E-state index < -0.39 is 0 Å². The van der Waals surface area contributed by atoms with Crippen LogP contribution in [-0.4, -0.2) is 18.5 Å². The number of fused-ring (bicyclic) bond motifs is 1. The summed E-state index contributed by atoms with van der Waals surface area (Å²) in [6.07, 6.45) is 1.16. The molecule has 0 bridgehead atoms. The molecule has 1 atom stereocenters. The fourth-order valence-electron chi connectivity index (χ4n) is 2.69. The molecule has 0 saturated heterocycles. The molecule has 1 aliphatic rings. The Morgan fingerprint density at radius 2 is 2.21 bits per heavy atom. The van der Waals surface area contributed by atoms with Gasteiger partial charge in [-0.1, -0.05) is 24.3 Å². The summed E-state index contributed by atoms with van der Waals surface area (Å²) >= 11 is 1.84. The maximum absolute atomic E-state index is 3.52. The second-order valence-electron chi connectivity index (χ2n) is 5.23. The summed E-state index contributed by atoms with van der Waals surface area (Å²) in [7, 11) is 2.21. The van der Waals surface area contributed by atoms with Gasteiger partial charge in [0.2, 0.25) is 0 Å². The number of para-hydroxylation sites is 1. The van der Waals surface area contributed by atoms with Gasteiger partial charge in [-0.15, -0.1) is 11.3 Å². The minimum atomic E-state index is 0.470. The van der Waals surface area contributed by atoms with Crippen molar-refractivity contribution in [3.8, 4) is 0 Å². The van der Waals surface area contributed by atoms with Gasteiger partial charge >= 0.3 is 0 Å². The molecule has 1 aliphatic heterocycles. The van der Waals surface area contributed by atoms with Crippen LogP contribution in [0.4, 0.5) is 5.69 Å². The van der Waals surface area contributed by atoms with Gasteiger partial charge in [0, 0.05) is 29.7 Å². The van der Waals surface area contributed by atoms with E-state index in [-0.39, 0.29) is 0 Å². The Balaban J connectivity index is 1.77. The van der Waals surface area contributed by atoms with Crippen LogP contribution < -0.4 is 5.32 Å². The second-order valence-corrected chi connectivity index (χ2v) is 6.21. The number of benzene rings is 1. The van der Waals surface area contributed by atoms with Crippen molar-refractivity contribution < 1.29 is 0 Å². The average molecular weight is 272 g/mol. The van der Waals surface area contributed by atoms with E-state index in [0.717, 1.165) is 19.5 Å². The summed E-state index contributed by atoms with van der Waals surface area (Å²) in [5.41, 5.74) is 4.25. The fourth-order valence-corrected chi connectivity index (χ4v) is 3.54. The van der Waals surface area contributed by atoms with Crippen molar-refractivity contribution in [1.82, 2.24) is 4.90 Å². The summed E-state index contributed by atoms with van der Waals surface area (Å²) in [6, 6.07) is 11.5. The summed E-state index contributed by atoms with van der Waals surface area (Å²) in [4.78, 5) is 3.85. The molecule has 2 heterocycles. The molecule has 0 radical (unpaired) electrons. The Hall–Kier alpha value is -1.32. The minimum absolute atomic E-state index is 0.470. The molecular formula is C16H20N2S. The molecule has 0 amide bonds. The number of hydrogen-bond donors (Lipinski definition) is 1. The van der Waals surface area contributed by atoms with Crippen molar-refractivity contribution in [1.29, 1.82) is 0 Å². The van der Waals surface area contributed by atoms with Crippen LogP contribution >= 0.6 is 11.3 Å². The molecule has 3 heteroatoms. The first-order chi connectivity index (χ1) is 9.25. The standard InChI is InChI=1S/C16H20N2S/c1-12(15-7-4-10-19-15)18(2)11-14-6-3-5-13-8-9-17-16(13)14/h3-7,10,12,17H,8-9,11H2,1-2H3. The van der Waals surface area contributed by atoms with Crippen LogP contribution in [0.2, 0.25) is 0 Å². The smallest absolute Gasteiger partial charge is 0.0419 e. The number of rotatable bonds is 4. The molecule has 3 rings (SSSR count). The van der Waals surface area contributed by atoms with Crippen molar-refractivity contribution in [3.63, 3.8) is 0 Å². The SMILES string of the molecule is CC(c1cccs1)N(C)Cc1cccc2c1NCC2. The first-order valence-electron chi connectivity index (χ1n) is 6.84. The Bertz CT molecular complexity index is 548. The monoisotopic (exact) mass is 272 g/mol. The van der Waals surface area contributed by atoms with Crippen LogP contribution in [0.15, 0.2) is 35.7 Å². The van der Waals surface area contributed by atoms with Crippen molar-refractivity contribution in [2.24, 2.45) is 0 Å². The van der Waals surface area contributed by atoms with Crippen molar-refractivity contribution in [2.45, 2.75) is 25.9 Å². The van der Waals surface area contributed by atoms with Gasteiger partial charge in [-0.2, -0.15) is 0 Å². The van der Waals surface area contributed by atoms with Gasteiger partial charge in [-0.05, 0) is 43.0 Å². The lowest BCUT2D eigenvalue weighted by Crippen LogP contribution is -2.21. The quantitative estimate of drug-likeness (QED) is 0.908. The Kier molecular flexibility index (Phi) is 3.58. The van der Waals surface area contributed by atoms with Crippen LogP contribution in [0.5, 0.6) is 0 Å². The van der Waals surface area contributed by atoms with Crippen molar-refractivity contribution in [3.05, 3.63) is 51.7 Å². The highest BCUT2D eigenvalue weighted by Gasteiger charge is 2.17. The predicted molar refractivity (Wildman–Crippen MR) is 82.8 cm³/mol. The number of anilines is 1. The van der Waals surface area contributed by atoms with E-state index in [1.165, 1.54) is 21.7 Å². The van der Waals surface area contributed by atoms with E-state index in [9.17, 15) is 0 Å². The van der Waals surface area contributed by atoms with E-state index in [4.69, 9.17) is 0 Å². The molecule has 0 spiro atoms. The zero-order chi connectivity index (χ0) is 13.2. The normalized spacial score (nSPS) is 15.3. The van der Waals surface area contributed by atoms with Gasteiger partial charge in [0.25, 0.3) is 0 Å². The second kappa shape index (κ2) is 5.35. The zero-order valence-electron chi connectivity index (χ0n) is 11.5. The van der Waals surface area contributed by atoms with Crippen LogP contribution in [0, 0.1) is 0 Å². The number of hydrogen-bond acceptors (Lipinski definition) is 3. The average Bonchev–Trinajstić information content (AvgIpc) is 3.09. The Morgan fingerprint density at radius 3 is 3.00 bits per heavy atom. The maximum atomic E-state index is 3.52. The molecule has 0 saturated carbocycles. The number of nitrogens with one attached hydrogen (secondary N) is 1. The summed E-state index contributed by atoms with van der Waals surface area (Å²) in [5, 5.41) is 5.68. The number of nitrogens with zero attached hydrogens (tertiary/aromatic N) is 1. The van der Waals surface area contributed by atoms with E-state index >= 15 is 0 Å². The summed E-state index contributed by atoms with van der Waals surface area (Å²) in [6.45, 7) is 4.36. The van der Waals surface area contributed by atoms with Gasteiger partial charge in [0.15, 0.2) is 0 Å². The molecule has 0 aliphatic carbocycles. The van der Waals surface area contributed by atoms with E-state index in [0.29, 0.717) is 6.04 Å². The Labute approximate surface area is 119 Å². The lowest BCUT2D eigenvalue weighted by Gasteiger charge is -2.25. The summed E-state index contributed by atoms with van der Waals surface area (Å²) in [5.74, 6) is 0. The van der Waals surface area contributed by atoms with Gasteiger partial charge in [0.05, 0.1) is 0 Å². The van der Waals surface area contributed by atoms with E-state index in [2.05, 4.69) is 59.9 Å². The van der Waals surface area contributed by atoms with Crippen molar-refractivity contribution in [2.75, 3.05) is 18.9 Å². The molecule has 2 aromatic rings. The van der Waals surface area contributed by atoms with Gasteiger partial charge in [-0.25, -0.2) is 0 Å². The predicted octanol–water partition coefficient (Wildman–Crippen LogP) is 3.91. The van der Waals surface area contributed by atoms with Crippen LogP contribution in [-0.2, 0) is 13.0 Å². The third kappa shape index (κ3) is 2.53. The molecule has 1 unspecified atom stereocenters. The zero-order valence-corrected chi connectivity index (χ0v) is 12.3. The van der Waals surface area contributed by atoms with E-state index in [1.54, 1.807) is 0 Å². The minimum Gasteiger partial charge on any atom is -0.384 e. The molecular weight excluding hydrogens is 252 g/mol. The topological polar surface area (TPSA) is 15.3 Å². The fraction of sp³-hybridized carbons (Fsp3) is 0.375. The molecule has 1 N–H and O–H groups in total.